The first-order chi connectivity index (χ1) is 12.6. The molecule has 0 radical (unpaired) electrons. The number of benzene rings is 1. The van der Waals surface area contributed by atoms with Crippen molar-refractivity contribution >= 4 is 35.0 Å². The minimum Gasteiger partial charge on any atom is -0.336 e. The van der Waals surface area contributed by atoms with Gasteiger partial charge in [-0.05, 0) is 79.9 Å². The van der Waals surface area contributed by atoms with Gasteiger partial charge in [0.25, 0.3) is 0 Å². The third-order valence-corrected chi connectivity index (χ3v) is 9.07. The lowest BCUT2D eigenvalue weighted by Crippen LogP contribution is -2.51. The Hall–Kier alpha value is -0.640. The zero-order valence-electron chi connectivity index (χ0n) is 14.8. The number of hydrogen-bond acceptors (Lipinski definition) is 2. The van der Waals surface area contributed by atoms with Crippen molar-refractivity contribution < 1.29 is 0 Å². The number of nitrogens with zero attached hydrogens (tertiary/aromatic N) is 2. The first-order valence-electron chi connectivity index (χ1n) is 9.67. The highest BCUT2D eigenvalue weighted by atomic mass is 35.5. The molecule has 4 aliphatic carbocycles. The summed E-state index contributed by atoms with van der Waals surface area (Å²) in [6.07, 6.45) is 14.6. The zero-order valence-corrected chi connectivity index (χ0v) is 17.1. The molecule has 1 atom stereocenters. The molecule has 5 heteroatoms. The first-order valence-corrected chi connectivity index (χ1v) is 11.3. The molecule has 0 N–H and O–H groups in total. The predicted octanol–water partition coefficient (Wildman–Crippen LogP) is 6.57. The SMILES string of the molecule is Clc1ccc(SC(Cn2ccnc2)C23CC4CC(CC(C4)C2)C3)cc1Cl. The normalized spacial score (nSPS) is 33.5. The van der Waals surface area contributed by atoms with E-state index in [2.05, 4.69) is 21.8 Å². The molecule has 0 saturated heterocycles. The Morgan fingerprint density at radius 1 is 1.08 bits per heavy atom. The molecule has 2 aromatic rings. The number of thioether (sulfide) groups is 1. The van der Waals surface area contributed by atoms with E-state index in [4.69, 9.17) is 23.2 Å². The van der Waals surface area contributed by atoms with Crippen LogP contribution in [0.2, 0.25) is 10.0 Å². The second kappa shape index (κ2) is 6.76. The van der Waals surface area contributed by atoms with Crippen LogP contribution in [0.1, 0.15) is 38.5 Å². The van der Waals surface area contributed by atoms with Crippen LogP contribution in [0.4, 0.5) is 0 Å². The summed E-state index contributed by atoms with van der Waals surface area (Å²) >= 11 is 14.4. The van der Waals surface area contributed by atoms with Gasteiger partial charge in [-0.15, -0.1) is 11.8 Å². The summed E-state index contributed by atoms with van der Waals surface area (Å²) in [6, 6.07) is 6.09. The average Bonchev–Trinajstić information content (AvgIpc) is 3.09. The molecule has 6 rings (SSSR count). The lowest BCUT2D eigenvalue weighted by molar-refractivity contribution is -0.0553. The molecule has 1 aromatic heterocycles. The van der Waals surface area contributed by atoms with Crippen LogP contribution in [0.25, 0.3) is 0 Å². The Morgan fingerprint density at radius 3 is 2.35 bits per heavy atom. The topological polar surface area (TPSA) is 17.8 Å². The van der Waals surface area contributed by atoms with E-state index in [0.717, 1.165) is 24.3 Å². The Kier molecular flexibility index (Phi) is 4.54. The van der Waals surface area contributed by atoms with E-state index >= 15 is 0 Å². The zero-order chi connectivity index (χ0) is 17.7. The van der Waals surface area contributed by atoms with Gasteiger partial charge < -0.3 is 4.57 Å². The minimum absolute atomic E-state index is 0.468. The monoisotopic (exact) mass is 406 g/mol. The molecule has 1 heterocycles. The van der Waals surface area contributed by atoms with Gasteiger partial charge in [-0.25, -0.2) is 4.98 Å². The Bertz CT molecular complexity index is 754. The number of halogens is 2. The van der Waals surface area contributed by atoms with E-state index in [9.17, 15) is 0 Å². The maximum absolute atomic E-state index is 6.30. The highest BCUT2D eigenvalue weighted by molar-refractivity contribution is 8.00. The van der Waals surface area contributed by atoms with Crippen LogP contribution in [0.15, 0.2) is 41.8 Å². The van der Waals surface area contributed by atoms with Gasteiger partial charge in [0.15, 0.2) is 0 Å². The average molecular weight is 407 g/mol. The standard InChI is InChI=1S/C21H24Cl2N2S/c22-18-2-1-17(8-19(18)23)26-20(12-25-4-3-24-13-25)21-9-14-5-15(10-21)7-16(6-14)11-21/h1-4,8,13-16,20H,5-7,9-12H2. The molecule has 2 nitrogen and oxygen atoms in total. The molecule has 0 spiro atoms. The Labute approximate surface area is 169 Å². The van der Waals surface area contributed by atoms with Crippen molar-refractivity contribution in [2.24, 2.45) is 23.2 Å². The van der Waals surface area contributed by atoms with Gasteiger partial charge in [0.1, 0.15) is 0 Å². The lowest BCUT2D eigenvalue weighted by atomic mass is 9.48. The fourth-order valence-corrected chi connectivity index (χ4v) is 8.04. The van der Waals surface area contributed by atoms with Crippen molar-refractivity contribution in [2.75, 3.05) is 0 Å². The summed E-state index contributed by atoms with van der Waals surface area (Å²) < 4.78 is 2.26. The molecule has 4 saturated carbocycles. The van der Waals surface area contributed by atoms with Crippen molar-refractivity contribution in [1.29, 1.82) is 0 Å². The summed E-state index contributed by atoms with van der Waals surface area (Å²) in [4.78, 5) is 5.51. The van der Waals surface area contributed by atoms with Gasteiger partial charge in [0.05, 0.1) is 16.4 Å². The van der Waals surface area contributed by atoms with Gasteiger partial charge in [0.2, 0.25) is 0 Å². The molecule has 138 valence electrons. The highest BCUT2D eigenvalue weighted by Crippen LogP contribution is 2.63. The van der Waals surface area contributed by atoms with E-state index in [1.54, 1.807) is 0 Å². The smallest absolute Gasteiger partial charge is 0.0946 e. The molecule has 4 fully saturated rings. The summed E-state index contributed by atoms with van der Waals surface area (Å²) in [7, 11) is 0. The number of imidazole rings is 1. The molecule has 4 aliphatic rings. The third-order valence-electron chi connectivity index (χ3n) is 6.87. The fraction of sp³-hybridized carbons (Fsp3) is 0.571. The van der Waals surface area contributed by atoms with Crippen LogP contribution in [-0.4, -0.2) is 14.8 Å². The quantitative estimate of drug-likeness (QED) is 0.522. The van der Waals surface area contributed by atoms with E-state index in [1.165, 1.54) is 43.4 Å². The maximum atomic E-state index is 6.30. The fourth-order valence-electron chi connectivity index (χ4n) is 6.23. The van der Waals surface area contributed by atoms with Crippen molar-refractivity contribution in [3.8, 4) is 0 Å². The number of hydrogen-bond donors (Lipinski definition) is 0. The van der Waals surface area contributed by atoms with Gasteiger partial charge in [0, 0.05) is 29.1 Å². The summed E-state index contributed by atoms with van der Waals surface area (Å²) in [5, 5.41) is 1.85. The van der Waals surface area contributed by atoms with Crippen molar-refractivity contribution in [1.82, 2.24) is 9.55 Å². The van der Waals surface area contributed by atoms with Crippen LogP contribution in [0.5, 0.6) is 0 Å². The minimum atomic E-state index is 0.468. The third kappa shape index (κ3) is 3.21. The molecule has 0 amide bonds. The van der Waals surface area contributed by atoms with E-state index in [0.29, 0.717) is 20.7 Å². The molecule has 0 aliphatic heterocycles. The van der Waals surface area contributed by atoms with Gasteiger partial charge in [-0.1, -0.05) is 23.2 Å². The largest absolute Gasteiger partial charge is 0.336 e. The van der Waals surface area contributed by atoms with Gasteiger partial charge in [-0.2, -0.15) is 0 Å². The molecular formula is C21H24Cl2N2S. The maximum Gasteiger partial charge on any atom is 0.0946 e. The molecule has 1 aromatic carbocycles. The van der Waals surface area contributed by atoms with Crippen molar-refractivity contribution in [3.05, 3.63) is 47.0 Å². The Morgan fingerprint density at radius 2 is 1.77 bits per heavy atom. The van der Waals surface area contributed by atoms with Crippen LogP contribution in [-0.2, 0) is 6.54 Å². The van der Waals surface area contributed by atoms with Gasteiger partial charge in [-0.3, -0.25) is 0 Å². The molecule has 4 bridgehead atoms. The second-order valence-electron chi connectivity index (χ2n) is 8.72. The van der Waals surface area contributed by atoms with Crippen molar-refractivity contribution in [2.45, 2.75) is 55.2 Å². The van der Waals surface area contributed by atoms with Crippen LogP contribution < -0.4 is 0 Å². The van der Waals surface area contributed by atoms with E-state index in [-0.39, 0.29) is 0 Å². The van der Waals surface area contributed by atoms with Crippen LogP contribution >= 0.6 is 35.0 Å². The van der Waals surface area contributed by atoms with Crippen LogP contribution in [0.3, 0.4) is 0 Å². The number of rotatable bonds is 5. The predicted molar refractivity (Wildman–Crippen MR) is 109 cm³/mol. The van der Waals surface area contributed by atoms with E-state index < -0.39 is 0 Å². The first kappa shape index (κ1) is 17.5. The summed E-state index contributed by atoms with van der Waals surface area (Å²) in [5.74, 6) is 2.88. The number of aromatic nitrogens is 2. The lowest BCUT2D eigenvalue weighted by Gasteiger charge is -2.59. The highest BCUT2D eigenvalue weighted by Gasteiger charge is 2.54. The van der Waals surface area contributed by atoms with E-state index in [1.807, 2.05) is 36.4 Å². The Balaban J connectivity index is 1.46. The molecular weight excluding hydrogens is 383 g/mol. The van der Waals surface area contributed by atoms with Crippen LogP contribution in [0, 0.1) is 23.2 Å². The summed E-state index contributed by atoms with van der Waals surface area (Å²) in [6.45, 7) is 1.02. The van der Waals surface area contributed by atoms with Gasteiger partial charge >= 0.3 is 0 Å². The summed E-state index contributed by atoms with van der Waals surface area (Å²) in [5.41, 5.74) is 0.468. The molecule has 1 unspecified atom stereocenters. The van der Waals surface area contributed by atoms with Crippen molar-refractivity contribution in [3.63, 3.8) is 0 Å². The molecule has 26 heavy (non-hydrogen) atoms. The second-order valence-corrected chi connectivity index (χ2v) is 10.8.